The highest BCUT2D eigenvalue weighted by molar-refractivity contribution is 4.91. The lowest BCUT2D eigenvalue weighted by molar-refractivity contribution is 0.296. The van der Waals surface area contributed by atoms with E-state index in [9.17, 15) is 0 Å². The molecule has 1 saturated carbocycles. The van der Waals surface area contributed by atoms with Crippen molar-refractivity contribution in [3.8, 4) is 6.07 Å². The molecule has 0 saturated heterocycles. The Morgan fingerprint density at radius 1 is 1.46 bits per heavy atom. The third kappa shape index (κ3) is 3.78. The van der Waals surface area contributed by atoms with Crippen molar-refractivity contribution in [2.24, 2.45) is 11.3 Å². The molecule has 1 rings (SSSR count). The number of rotatable bonds is 5. The maximum Gasteiger partial charge on any atom is 0.0684 e. The van der Waals surface area contributed by atoms with E-state index in [2.05, 4.69) is 11.4 Å². The maximum absolute atomic E-state index is 8.78. The van der Waals surface area contributed by atoms with Gasteiger partial charge in [0.1, 0.15) is 0 Å². The molecule has 13 heavy (non-hydrogen) atoms. The smallest absolute Gasteiger partial charge is 0.0684 e. The lowest BCUT2D eigenvalue weighted by atomic mass is 9.85. The molecule has 0 aromatic rings. The van der Waals surface area contributed by atoms with E-state index in [-0.39, 0.29) is 5.41 Å². The molecule has 2 nitrogen and oxygen atoms in total. The SMILES string of the molecule is CC(C)(C#N)CCNCC1CCC1. The minimum atomic E-state index is -0.160. The molecule has 0 atom stereocenters. The largest absolute Gasteiger partial charge is 0.316 e. The lowest BCUT2D eigenvalue weighted by Crippen LogP contribution is -2.29. The fourth-order valence-corrected chi connectivity index (χ4v) is 1.46. The van der Waals surface area contributed by atoms with Crippen LogP contribution in [0.4, 0.5) is 0 Å². The Kier molecular flexibility index (Phi) is 3.74. The zero-order valence-corrected chi connectivity index (χ0v) is 8.77. The molecule has 0 amide bonds. The van der Waals surface area contributed by atoms with Gasteiger partial charge < -0.3 is 5.32 Å². The molecule has 0 radical (unpaired) electrons. The molecule has 0 heterocycles. The summed E-state index contributed by atoms with van der Waals surface area (Å²) in [6.45, 7) is 6.13. The highest BCUT2D eigenvalue weighted by Gasteiger charge is 2.18. The minimum absolute atomic E-state index is 0.160. The number of nitrogens with zero attached hydrogens (tertiary/aromatic N) is 1. The summed E-state index contributed by atoms with van der Waals surface area (Å²) in [5.41, 5.74) is -0.160. The van der Waals surface area contributed by atoms with Crippen molar-refractivity contribution >= 4 is 0 Å². The van der Waals surface area contributed by atoms with Gasteiger partial charge in [0, 0.05) is 0 Å². The van der Waals surface area contributed by atoms with Crippen LogP contribution >= 0.6 is 0 Å². The summed E-state index contributed by atoms with van der Waals surface area (Å²) >= 11 is 0. The number of nitriles is 1. The van der Waals surface area contributed by atoms with E-state index < -0.39 is 0 Å². The molecule has 0 aromatic heterocycles. The zero-order valence-electron chi connectivity index (χ0n) is 8.77. The van der Waals surface area contributed by atoms with E-state index in [1.54, 1.807) is 0 Å². The highest BCUT2D eigenvalue weighted by atomic mass is 14.9. The average Bonchev–Trinajstić information content (AvgIpc) is 2.01. The average molecular weight is 180 g/mol. The molecule has 0 aromatic carbocycles. The van der Waals surface area contributed by atoms with Crippen LogP contribution in [0, 0.1) is 22.7 Å². The third-order valence-corrected chi connectivity index (χ3v) is 2.89. The lowest BCUT2D eigenvalue weighted by Gasteiger charge is -2.26. The summed E-state index contributed by atoms with van der Waals surface area (Å²) in [5.74, 6) is 0.921. The van der Waals surface area contributed by atoms with Crippen LogP contribution in [-0.2, 0) is 0 Å². The predicted molar refractivity (Wildman–Crippen MR) is 54.2 cm³/mol. The molecule has 74 valence electrons. The normalized spacial score (nSPS) is 17.9. The van der Waals surface area contributed by atoms with Gasteiger partial charge in [0.25, 0.3) is 0 Å². The van der Waals surface area contributed by atoms with E-state index >= 15 is 0 Å². The molecule has 1 fully saturated rings. The first-order chi connectivity index (χ1) is 6.14. The molecular formula is C11H20N2. The molecule has 1 N–H and O–H groups in total. The summed E-state index contributed by atoms with van der Waals surface area (Å²) in [5, 5.41) is 12.2. The first-order valence-electron chi connectivity index (χ1n) is 5.26. The quantitative estimate of drug-likeness (QED) is 0.659. The van der Waals surface area contributed by atoms with E-state index in [0.717, 1.165) is 25.4 Å². The summed E-state index contributed by atoms with van der Waals surface area (Å²) in [7, 11) is 0. The van der Waals surface area contributed by atoms with E-state index in [4.69, 9.17) is 5.26 Å². The standard InChI is InChI=1S/C11H20N2/c1-11(2,9-12)6-7-13-8-10-4-3-5-10/h10,13H,3-8H2,1-2H3. The Morgan fingerprint density at radius 3 is 2.62 bits per heavy atom. The first kappa shape index (κ1) is 10.5. The van der Waals surface area contributed by atoms with Gasteiger partial charge in [0.2, 0.25) is 0 Å². The van der Waals surface area contributed by atoms with Crippen LogP contribution in [0.25, 0.3) is 0 Å². The molecule has 0 unspecified atom stereocenters. The third-order valence-electron chi connectivity index (χ3n) is 2.89. The van der Waals surface area contributed by atoms with Gasteiger partial charge in [-0.25, -0.2) is 0 Å². The second-order valence-corrected chi connectivity index (χ2v) is 4.75. The van der Waals surface area contributed by atoms with Crippen LogP contribution in [0.1, 0.15) is 39.5 Å². The molecular weight excluding hydrogens is 160 g/mol. The van der Waals surface area contributed by atoms with Gasteiger partial charge in [-0.15, -0.1) is 0 Å². The van der Waals surface area contributed by atoms with Gasteiger partial charge in [0.05, 0.1) is 11.5 Å². The van der Waals surface area contributed by atoms with Crippen molar-refractivity contribution < 1.29 is 0 Å². The van der Waals surface area contributed by atoms with Crippen LogP contribution in [0.2, 0.25) is 0 Å². The summed E-state index contributed by atoms with van der Waals surface area (Å²) in [4.78, 5) is 0. The molecule has 2 heteroatoms. The van der Waals surface area contributed by atoms with Crippen LogP contribution in [0.5, 0.6) is 0 Å². The van der Waals surface area contributed by atoms with Gasteiger partial charge >= 0.3 is 0 Å². The van der Waals surface area contributed by atoms with Crippen molar-refractivity contribution in [2.45, 2.75) is 39.5 Å². The zero-order chi connectivity index (χ0) is 9.73. The summed E-state index contributed by atoms with van der Waals surface area (Å²) < 4.78 is 0. The first-order valence-corrected chi connectivity index (χ1v) is 5.26. The van der Waals surface area contributed by atoms with Gasteiger partial charge in [-0.2, -0.15) is 5.26 Å². The van der Waals surface area contributed by atoms with Gasteiger partial charge in [-0.3, -0.25) is 0 Å². The van der Waals surface area contributed by atoms with Crippen LogP contribution in [-0.4, -0.2) is 13.1 Å². The highest BCUT2D eigenvalue weighted by Crippen LogP contribution is 2.25. The fraction of sp³-hybridized carbons (Fsp3) is 0.909. The second-order valence-electron chi connectivity index (χ2n) is 4.75. The van der Waals surface area contributed by atoms with Crippen LogP contribution < -0.4 is 5.32 Å². The van der Waals surface area contributed by atoms with E-state index in [1.807, 2.05) is 13.8 Å². The Labute approximate surface area is 81.3 Å². The van der Waals surface area contributed by atoms with E-state index in [1.165, 1.54) is 19.3 Å². The van der Waals surface area contributed by atoms with Crippen molar-refractivity contribution in [3.05, 3.63) is 0 Å². The van der Waals surface area contributed by atoms with Crippen molar-refractivity contribution in [1.29, 1.82) is 5.26 Å². The van der Waals surface area contributed by atoms with Crippen molar-refractivity contribution in [3.63, 3.8) is 0 Å². The van der Waals surface area contributed by atoms with Gasteiger partial charge in [-0.1, -0.05) is 6.42 Å². The summed E-state index contributed by atoms with van der Waals surface area (Å²) in [6, 6.07) is 2.32. The molecule has 0 spiro atoms. The van der Waals surface area contributed by atoms with Gasteiger partial charge in [-0.05, 0) is 52.1 Å². The Balaban J connectivity index is 1.97. The monoisotopic (exact) mass is 180 g/mol. The number of hydrogen-bond acceptors (Lipinski definition) is 2. The van der Waals surface area contributed by atoms with Crippen LogP contribution in [0.15, 0.2) is 0 Å². The van der Waals surface area contributed by atoms with E-state index in [0.29, 0.717) is 0 Å². The molecule has 0 aliphatic heterocycles. The van der Waals surface area contributed by atoms with Crippen LogP contribution in [0.3, 0.4) is 0 Å². The fourth-order valence-electron chi connectivity index (χ4n) is 1.46. The summed E-state index contributed by atoms with van der Waals surface area (Å²) in [6.07, 6.45) is 5.16. The Hall–Kier alpha value is -0.550. The number of hydrogen-bond donors (Lipinski definition) is 1. The molecule has 1 aliphatic carbocycles. The maximum atomic E-state index is 8.78. The minimum Gasteiger partial charge on any atom is -0.316 e. The second kappa shape index (κ2) is 4.62. The predicted octanol–water partition coefficient (Wildman–Crippen LogP) is 2.32. The van der Waals surface area contributed by atoms with Gasteiger partial charge in [0.15, 0.2) is 0 Å². The topological polar surface area (TPSA) is 35.8 Å². The molecule has 0 bridgehead atoms. The number of nitrogens with one attached hydrogen (secondary N) is 1. The molecule has 1 aliphatic rings. The van der Waals surface area contributed by atoms with Crippen molar-refractivity contribution in [1.82, 2.24) is 5.32 Å². The van der Waals surface area contributed by atoms with Crippen molar-refractivity contribution in [2.75, 3.05) is 13.1 Å². The Morgan fingerprint density at radius 2 is 2.15 bits per heavy atom. The Bertz CT molecular complexity index is 187.